The van der Waals surface area contributed by atoms with Gasteiger partial charge >= 0.3 is 0 Å². The molecule has 0 spiro atoms. The standard InChI is InChI=1S/C21H33N/c1-6-7-13-21(15-17(2)3,16-18(4)5)22-14-12-19-10-8-9-11-20(19)22/h8-12,14,17-18H,6-7,13,15-16H2,1-5H3. The zero-order valence-electron chi connectivity index (χ0n) is 15.1. The number of fused-ring (bicyclic) bond motifs is 1. The van der Waals surface area contributed by atoms with Gasteiger partial charge in [0, 0.05) is 17.3 Å². The number of hydrogen-bond acceptors (Lipinski definition) is 0. The van der Waals surface area contributed by atoms with E-state index >= 15 is 0 Å². The van der Waals surface area contributed by atoms with Gasteiger partial charge in [-0.2, -0.15) is 0 Å². The normalized spacial score (nSPS) is 12.7. The Morgan fingerprint density at radius 3 is 2.18 bits per heavy atom. The number of nitrogens with zero attached hydrogens (tertiary/aromatic N) is 1. The van der Waals surface area contributed by atoms with Gasteiger partial charge in [0.1, 0.15) is 0 Å². The van der Waals surface area contributed by atoms with Gasteiger partial charge in [0.25, 0.3) is 0 Å². The highest BCUT2D eigenvalue weighted by atomic mass is 15.1. The van der Waals surface area contributed by atoms with Gasteiger partial charge in [-0.1, -0.05) is 65.7 Å². The Morgan fingerprint density at radius 1 is 0.955 bits per heavy atom. The fraction of sp³-hybridized carbons (Fsp3) is 0.619. The molecule has 1 aromatic heterocycles. The summed E-state index contributed by atoms with van der Waals surface area (Å²) in [5, 5.41) is 1.37. The van der Waals surface area contributed by atoms with Crippen LogP contribution < -0.4 is 0 Å². The minimum absolute atomic E-state index is 0.265. The van der Waals surface area contributed by atoms with Crippen molar-refractivity contribution < 1.29 is 0 Å². The van der Waals surface area contributed by atoms with Gasteiger partial charge in [0.15, 0.2) is 0 Å². The van der Waals surface area contributed by atoms with Gasteiger partial charge in [0.05, 0.1) is 0 Å². The van der Waals surface area contributed by atoms with Crippen LogP contribution in [0.1, 0.15) is 66.7 Å². The van der Waals surface area contributed by atoms with E-state index in [0.29, 0.717) is 0 Å². The number of unbranched alkanes of at least 4 members (excludes halogenated alkanes) is 1. The van der Waals surface area contributed by atoms with Gasteiger partial charge in [-0.3, -0.25) is 0 Å². The molecule has 0 aliphatic rings. The van der Waals surface area contributed by atoms with Crippen LogP contribution in [0.2, 0.25) is 0 Å². The quantitative estimate of drug-likeness (QED) is 0.516. The minimum atomic E-state index is 0.265. The Morgan fingerprint density at radius 2 is 1.59 bits per heavy atom. The van der Waals surface area contributed by atoms with Crippen molar-refractivity contribution in [2.75, 3.05) is 0 Å². The first-order chi connectivity index (χ1) is 10.5. The van der Waals surface area contributed by atoms with Crippen LogP contribution in [-0.4, -0.2) is 4.57 Å². The third-order valence-corrected chi connectivity index (χ3v) is 4.68. The zero-order chi connectivity index (χ0) is 16.2. The highest BCUT2D eigenvalue weighted by molar-refractivity contribution is 5.80. The molecule has 0 fully saturated rings. The average molecular weight is 300 g/mol. The molecule has 122 valence electrons. The van der Waals surface area contributed by atoms with Gasteiger partial charge in [-0.05, 0) is 48.6 Å². The molecule has 1 heterocycles. The Kier molecular flexibility index (Phi) is 5.72. The SMILES string of the molecule is CCCCC(CC(C)C)(CC(C)C)n1ccc2ccccc21. The van der Waals surface area contributed by atoms with Crippen LogP contribution in [0.15, 0.2) is 36.5 Å². The third-order valence-electron chi connectivity index (χ3n) is 4.68. The minimum Gasteiger partial charge on any atom is -0.341 e. The molecule has 0 unspecified atom stereocenters. The molecule has 1 aromatic carbocycles. The van der Waals surface area contributed by atoms with Crippen LogP contribution in [0.3, 0.4) is 0 Å². The number of hydrogen-bond donors (Lipinski definition) is 0. The highest BCUT2D eigenvalue weighted by Gasteiger charge is 2.33. The van der Waals surface area contributed by atoms with E-state index < -0.39 is 0 Å². The van der Waals surface area contributed by atoms with E-state index in [1.54, 1.807) is 0 Å². The number of benzene rings is 1. The Bertz CT molecular complexity index is 566. The summed E-state index contributed by atoms with van der Waals surface area (Å²) in [4.78, 5) is 0. The second-order valence-electron chi connectivity index (χ2n) is 7.77. The zero-order valence-corrected chi connectivity index (χ0v) is 15.1. The molecule has 0 aliphatic carbocycles. The van der Waals surface area contributed by atoms with E-state index in [4.69, 9.17) is 0 Å². The van der Waals surface area contributed by atoms with Crippen molar-refractivity contribution in [1.29, 1.82) is 0 Å². The van der Waals surface area contributed by atoms with Crippen LogP contribution in [-0.2, 0) is 5.54 Å². The summed E-state index contributed by atoms with van der Waals surface area (Å²) in [6, 6.07) is 11.1. The van der Waals surface area contributed by atoms with Crippen LogP contribution in [0, 0.1) is 11.8 Å². The molecular formula is C21H33N. The topological polar surface area (TPSA) is 4.93 Å². The molecule has 0 radical (unpaired) electrons. The maximum atomic E-state index is 2.61. The fourth-order valence-corrected chi connectivity index (χ4v) is 4.13. The van der Waals surface area contributed by atoms with Gasteiger partial charge < -0.3 is 4.57 Å². The summed E-state index contributed by atoms with van der Waals surface area (Å²) in [7, 11) is 0. The molecule has 1 heteroatoms. The molecule has 0 amide bonds. The second-order valence-corrected chi connectivity index (χ2v) is 7.77. The van der Waals surface area contributed by atoms with Gasteiger partial charge in [-0.15, -0.1) is 0 Å². The number of para-hydroxylation sites is 1. The van der Waals surface area contributed by atoms with Crippen molar-refractivity contribution >= 4 is 10.9 Å². The molecule has 0 bridgehead atoms. The summed E-state index contributed by atoms with van der Waals surface area (Å²) < 4.78 is 2.61. The van der Waals surface area contributed by atoms with E-state index in [0.717, 1.165) is 11.8 Å². The summed E-state index contributed by atoms with van der Waals surface area (Å²) >= 11 is 0. The predicted molar refractivity (Wildman–Crippen MR) is 98.3 cm³/mol. The van der Waals surface area contributed by atoms with E-state index in [9.17, 15) is 0 Å². The first-order valence-corrected chi connectivity index (χ1v) is 9.05. The van der Waals surface area contributed by atoms with Crippen LogP contribution in [0.5, 0.6) is 0 Å². The monoisotopic (exact) mass is 299 g/mol. The lowest BCUT2D eigenvalue weighted by Gasteiger charge is -2.40. The van der Waals surface area contributed by atoms with Crippen molar-refractivity contribution in [3.05, 3.63) is 36.5 Å². The Labute approximate surface area is 136 Å². The molecule has 1 nitrogen and oxygen atoms in total. The average Bonchev–Trinajstić information content (AvgIpc) is 2.88. The van der Waals surface area contributed by atoms with Gasteiger partial charge in [-0.25, -0.2) is 0 Å². The molecule has 22 heavy (non-hydrogen) atoms. The van der Waals surface area contributed by atoms with Crippen molar-refractivity contribution in [2.45, 2.75) is 72.3 Å². The number of aromatic nitrogens is 1. The predicted octanol–water partition coefficient (Wildman–Crippen LogP) is 6.62. The molecular weight excluding hydrogens is 266 g/mol. The largest absolute Gasteiger partial charge is 0.341 e. The van der Waals surface area contributed by atoms with E-state index in [1.807, 2.05) is 0 Å². The van der Waals surface area contributed by atoms with Crippen molar-refractivity contribution in [2.24, 2.45) is 11.8 Å². The van der Waals surface area contributed by atoms with Crippen molar-refractivity contribution in [3.8, 4) is 0 Å². The smallest absolute Gasteiger partial charge is 0.0485 e. The maximum Gasteiger partial charge on any atom is 0.0485 e. The molecule has 0 aliphatic heterocycles. The molecule has 0 atom stereocenters. The summed E-state index contributed by atoms with van der Waals surface area (Å²) in [6.07, 6.45) is 8.75. The second kappa shape index (κ2) is 7.35. The summed E-state index contributed by atoms with van der Waals surface area (Å²) in [5.41, 5.74) is 1.67. The molecule has 2 aromatic rings. The Hall–Kier alpha value is -1.24. The lowest BCUT2D eigenvalue weighted by molar-refractivity contribution is 0.171. The van der Waals surface area contributed by atoms with E-state index in [1.165, 1.54) is 43.0 Å². The lowest BCUT2D eigenvalue weighted by Crippen LogP contribution is -2.36. The Balaban J connectivity index is 2.52. The van der Waals surface area contributed by atoms with Crippen molar-refractivity contribution in [1.82, 2.24) is 4.57 Å². The van der Waals surface area contributed by atoms with Crippen molar-refractivity contribution in [3.63, 3.8) is 0 Å². The fourth-order valence-electron chi connectivity index (χ4n) is 4.13. The van der Waals surface area contributed by atoms with E-state index in [2.05, 4.69) is 75.7 Å². The molecule has 0 N–H and O–H groups in total. The highest BCUT2D eigenvalue weighted by Crippen LogP contribution is 2.39. The van der Waals surface area contributed by atoms with E-state index in [-0.39, 0.29) is 5.54 Å². The van der Waals surface area contributed by atoms with Gasteiger partial charge in [0.2, 0.25) is 0 Å². The van der Waals surface area contributed by atoms with Crippen LogP contribution in [0.4, 0.5) is 0 Å². The maximum absolute atomic E-state index is 2.61. The first kappa shape index (κ1) is 17.1. The molecule has 2 rings (SSSR count). The summed E-state index contributed by atoms with van der Waals surface area (Å²) in [5.74, 6) is 1.44. The first-order valence-electron chi connectivity index (χ1n) is 9.05. The van der Waals surface area contributed by atoms with Crippen LogP contribution >= 0.6 is 0 Å². The third kappa shape index (κ3) is 3.74. The lowest BCUT2D eigenvalue weighted by atomic mass is 9.78. The van der Waals surface area contributed by atoms with Crippen LogP contribution in [0.25, 0.3) is 10.9 Å². The summed E-state index contributed by atoms with van der Waals surface area (Å²) in [6.45, 7) is 11.8. The number of rotatable bonds is 8. The molecule has 0 saturated heterocycles. The molecule has 0 saturated carbocycles.